The summed E-state index contributed by atoms with van der Waals surface area (Å²) in [6, 6.07) is 8.93. The van der Waals surface area contributed by atoms with E-state index in [0.29, 0.717) is 5.69 Å². The molecule has 0 saturated heterocycles. The zero-order valence-corrected chi connectivity index (χ0v) is 13.7. The van der Waals surface area contributed by atoms with E-state index in [4.69, 9.17) is 5.73 Å². The van der Waals surface area contributed by atoms with Crippen molar-refractivity contribution in [2.24, 2.45) is 0 Å². The first-order chi connectivity index (χ1) is 10.3. The number of carbonyl (C=O) groups is 1. The van der Waals surface area contributed by atoms with Crippen LogP contribution in [-0.4, -0.2) is 36.6 Å². The number of hydrogen-bond acceptors (Lipinski definition) is 6. The summed E-state index contributed by atoms with van der Waals surface area (Å²) in [6.45, 7) is -0.163. The number of nitrogens with one attached hydrogen (secondary N) is 1. The van der Waals surface area contributed by atoms with Crippen LogP contribution in [0, 0.1) is 0 Å². The largest absolute Gasteiger partial charge is 0.383 e. The van der Waals surface area contributed by atoms with Crippen LogP contribution in [0.2, 0.25) is 0 Å². The van der Waals surface area contributed by atoms with Crippen molar-refractivity contribution in [1.82, 2.24) is 9.78 Å². The SMILES string of the molecule is CSc1nn(CC(=O)Nc2ccccc2)c(N)c1S(C)(=O)=O. The smallest absolute Gasteiger partial charge is 0.246 e. The third-order valence-corrected chi connectivity index (χ3v) is 4.78. The molecule has 9 heteroatoms. The van der Waals surface area contributed by atoms with Gasteiger partial charge in [0.15, 0.2) is 9.84 Å². The Kier molecular flexibility index (Phi) is 4.77. The second-order valence-electron chi connectivity index (χ2n) is 4.57. The first-order valence-corrected chi connectivity index (χ1v) is 9.39. The predicted octanol–water partition coefficient (Wildman–Crippen LogP) is 1.23. The molecule has 118 valence electrons. The van der Waals surface area contributed by atoms with E-state index in [9.17, 15) is 13.2 Å². The molecule has 0 saturated carbocycles. The Hall–Kier alpha value is -2.00. The highest BCUT2D eigenvalue weighted by Crippen LogP contribution is 2.29. The molecule has 0 aliphatic rings. The van der Waals surface area contributed by atoms with Crippen molar-refractivity contribution >= 4 is 39.0 Å². The van der Waals surface area contributed by atoms with Gasteiger partial charge in [0.1, 0.15) is 22.3 Å². The molecule has 0 aliphatic carbocycles. The average Bonchev–Trinajstić information content (AvgIpc) is 2.76. The third-order valence-electron chi connectivity index (χ3n) is 2.83. The summed E-state index contributed by atoms with van der Waals surface area (Å²) in [7, 11) is -3.51. The van der Waals surface area contributed by atoms with Crippen LogP contribution in [0.5, 0.6) is 0 Å². The number of thioether (sulfide) groups is 1. The molecule has 0 aliphatic heterocycles. The summed E-state index contributed by atoms with van der Waals surface area (Å²) >= 11 is 1.17. The second-order valence-corrected chi connectivity index (χ2v) is 7.32. The summed E-state index contributed by atoms with van der Waals surface area (Å²) in [6.07, 6.45) is 2.76. The van der Waals surface area contributed by atoms with Gasteiger partial charge in [-0.15, -0.1) is 11.8 Å². The van der Waals surface area contributed by atoms with Crippen LogP contribution in [0.4, 0.5) is 11.5 Å². The molecule has 1 heterocycles. The molecule has 1 aromatic carbocycles. The van der Waals surface area contributed by atoms with Gasteiger partial charge in [-0.1, -0.05) is 18.2 Å². The van der Waals surface area contributed by atoms with Crippen molar-refractivity contribution in [3.8, 4) is 0 Å². The second kappa shape index (κ2) is 6.41. The Morgan fingerprint density at radius 1 is 1.36 bits per heavy atom. The van der Waals surface area contributed by atoms with Gasteiger partial charge in [-0.25, -0.2) is 13.1 Å². The zero-order chi connectivity index (χ0) is 16.3. The van der Waals surface area contributed by atoms with Crippen molar-refractivity contribution in [3.05, 3.63) is 30.3 Å². The first kappa shape index (κ1) is 16.4. The van der Waals surface area contributed by atoms with Crippen LogP contribution >= 0.6 is 11.8 Å². The Labute approximate surface area is 132 Å². The number of aromatic nitrogens is 2. The minimum Gasteiger partial charge on any atom is -0.383 e. The number of anilines is 2. The number of para-hydroxylation sites is 1. The molecule has 1 aromatic heterocycles. The molecular weight excluding hydrogens is 324 g/mol. The minimum absolute atomic E-state index is 0.0324. The summed E-state index contributed by atoms with van der Waals surface area (Å²) < 4.78 is 24.7. The summed E-state index contributed by atoms with van der Waals surface area (Å²) in [5, 5.41) is 7.07. The number of amides is 1. The van der Waals surface area contributed by atoms with Gasteiger partial charge < -0.3 is 11.1 Å². The van der Waals surface area contributed by atoms with Gasteiger partial charge >= 0.3 is 0 Å². The zero-order valence-electron chi connectivity index (χ0n) is 12.1. The molecule has 0 spiro atoms. The maximum absolute atomic E-state index is 12.0. The summed E-state index contributed by atoms with van der Waals surface area (Å²) in [5.74, 6) is -0.372. The lowest BCUT2D eigenvalue weighted by Crippen LogP contribution is -2.20. The number of hydrogen-bond donors (Lipinski definition) is 2. The van der Waals surface area contributed by atoms with Gasteiger partial charge in [0, 0.05) is 11.9 Å². The van der Waals surface area contributed by atoms with E-state index in [0.717, 1.165) is 6.26 Å². The third kappa shape index (κ3) is 3.60. The van der Waals surface area contributed by atoms with Crippen LogP contribution in [0.3, 0.4) is 0 Å². The normalized spacial score (nSPS) is 11.4. The maximum Gasteiger partial charge on any atom is 0.246 e. The summed E-state index contributed by atoms with van der Waals surface area (Å²) in [4.78, 5) is 12.0. The summed E-state index contributed by atoms with van der Waals surface area (Å²) in [5.41, 5.74) is 6.48. The van der Waals surface area contributed by atoms with Gasteiger partial charge in [0.2, 0.25) is 5.91 Å². The van der Waals surface area contributed by atoms with Crippen LogP contribution in [-0.2, 0) is 21.2 Å². The molecule has 1 amide bonds. The van der Waals surface area contributed by atoms with E-state index in [1.54, 1.807) is 30.5 Å². The Morgan fingerprint density at radius 3 is 2.50 bits per heavy atom. The molecule has 0 unspecified atom stereocenters. The molecule has 7 nitrogen and oxygen atoms in total. The number of nitrogen functional groups attached to an aromatic ring is 1. The Morgan fingerprint density at radius 2 is 2.00 bits per heavy atom. The molecule has 2 rings (SSSR count). The lowest BCUT2D eigenvalue weighted by molar-refractivity contribution is -0.116. The van der Waals surface area contributed by atoms with Crippen molar-refractivity contribution in [2.75, 3.05) is 23.6 Å². The number of rotatable bonds is 5. The van der Waals surface area contributed by atoms with Gasteiger partial charge in [0.25, 0.3) is 0 Å². The monoisotopic (exact) mass is 340 g/mol. The highest BCUT2D eigenvalue weighted by molar-refractivity contribution is 7.99. The molecule has 0 radical (unpaired) electrons. The van der Waals surface area contributed by atoms with E-state index >= 15 is 0 Å². The lowest BCUT2D eigenvalue weighted by Gasteiger charge is -2.06. The number of nitrogens with zero attached hydrogens (tertiary/aromatic N) is 2. The number of benzene rings is 1. The number of carbonyl (C=O) groups excluding carboxylic acids is 1. The van der Waals surface area contributed by atoms with Crippen LogP contribution in [0.25, 0.3) is 0 Å². The Bertz CT molecular complexity index is 785. The Balaban J connectivity index is 2.24. The van der Waals surface area contributed by atoms with E-state index in [2.05, 4.69) is 10.4 Å². The highest BCUT2D eigenvalue weighted by Gasteiger charge is 2.24. The quantitative estimate of drug-likeness (QED) is 0.793. The van der Waals surface area contributed by atoms with Crippen molar-refractivity contribution in [1.29, 1.82) is 0 Å². The fourth-order valence-electron chi connectivity index (χ4n) is 1.90. The van der Waals surface area contributed by atoms with E-state index in [-0.39, 0.29) is 28.2 Å². The molecule has 3 N–H and O–H groups in total. The van der Waals surface area contributed by atoms with Crippen LogP contribution < -0.4 is 11.1 Å². The minimum atomic E-state index is -3.51. The van der Waals surface area contributed by atoms with Crippen LogP contribution in [0.15, 0.2) is 40.3 Å². The fraction of sp³-hybridized carbons (Fsp3) is 0.231. The highest BCUT2D eigenvalue weighted by atomic mass is 32.2. The van der Waals surface area contributed by atoms with Gasteiger partial charge in [-0.05, 0) is 18.4 Å². The van der Waals surface area contributed by atoms with Gasteiger partial charge in [-0.2, -0.15) is 5.10 Å². The van der Waals surface area contributed by atoms with E-state index in [1.807, 2.05) is 6.07 Å². The lowest BCUT2D eigenvalue weighted by atomic mass is 10.3. The average molecular weight is 340 g/mol. The first-order valence-electron chi connectivity index (χ1n) is 6.28. The topological polar surface area (TPSA) is 107 Å². The van der Waals surface area contributed by atoms with Crippen molar-refractivity contribution < 1.29 is 13.2 Å². The molecule has 2 aromatic rings. The van der Waals surface area contributed by atoms with Gasteiger partial charge in [-0.3, -0.25) is 4.79 Å². The van der Waals surface area contributed by atoms with Crippen LogP contribution in [0.1, 0.15) is 0 Å². The molecule has 0 bridgehead atoms. The molecule has 22 heavy (non-hydrogen) atoms. The number of nitrogens with two attached hydrogens (primary N) is 1. The fourth-order valence-corrected chi connectivity index (χ4v) is 3.91. The predicted molar refractivity (Wildman–Crippen MR) is 86.6 cm³/mol. The van der Waals surface area contributed by atoms with Crippen molar-refractivity contribution in [2.45, 2.75) is 16.5 Å². The standard InChI is InChI=1S/C13H16N4O3S2/c1-21-13-11(22(2,19)20)12(14)17(16-13)8-10(18)15-9-6-4-3-5-7-9/h3-7H,8,14H2,1-2H3,(H,15,18). The van der Waals surface area contributed by atoms with Gasteiger partial charge in [0.05, 0.1) is 0 Å². The molecule has 0 atom stereocenters. The maximum atomic E-state index is 12.0. The number of sulfone groups is 1. The molecule has 0 fully saturated rings. The van der Waals surface area contributed by atoms with E-state index < -0.39 is 9.84 Å². The van der Waals surface area contributed by atoms with Crippen molar-refractivity contribution in [3.63, 3.8) is 0 Å². The molecular formula is C13H16N4O3S2. The van der Waals surface area contributed by atoms with E-state index in [1.165, 1.54) is 16.4 Å².